The van der Waals surface area contributed by atoms with Crippen molar-refractivity contribution in [3.8, 4) is 0 Å². The van der Waals surface area contributed by atoms with E-state index >= 15 is 0 Å². The van der Waals surface area contributed by atoms with Crippen LogP contribution in [0.25, 0.3) is 0 Å². The van der Waals surface area contributed by atoms with Crippen molar-refractivity contribution >= 4 is 183 Å². The summed E-state index contributed by atoms with van der Waals surface area (Å²) in [5, 5.41) is 9.12. The summed E-state index contributed by atoms with van der Waals surface area (Å²) in [4.78, 5) is 155. The van der Waals surface area contributed by atoms with Crippen LogP contribution >= 0.6 is 92.4 Å². The van der Waals surface area contributed by atoms with E-state index in [1.807, 2.05) is 83.1 Å². The molecule has 0 spiro atoms. The van der Waals surface area contributed by atoms with Crippen molar-refractivity contribution in [1.82, 2.24) is 49.4 Å². The first-order valence-electron chi connectivity index (χ1n) is 47.8. The summed E-state index contributed by atoms with van der Waals surface area (Å²) in [7, 11) is -14.8. The fourth-order valence-corrected chi connectivity index (χ4v) is 31.2. The maximum absolute atomic E-state index is 13.7. The molecule has 0 aromatic rings. The van der Waals surface area contributed by atoms with Gasteiger partial charge in [0, 0.05) is 141 Å². The number of hydrogen-bond donors (Lipinski definition) is 4. The number of imide groups is 6. The minimum Gasteiger partial charge on any atom is -0.307 e. The van der Waals surface area contributed by atoms with Crippen LogP contribution in [0.3, 0.4) is 0 Å². The Balaban J connectivity index is 0.000000564. The number of amides is 12. The van der Waals surface area contributed by atoms with Gasteiger partial charge in [-0.15, -0.1) is 70.6 Å². The predicted molar refractivity (Wildman–Crippen MR) is 549 cm³/mol. The fraction of sp³-hybridized carbons (Fsp3) is 0.868. The third kappa shape index (κ3) is 48.4. The summed E-state index contributed by atoms with van der Waals surface area (Å²) in [6.45, 7) is 56.0. The number of hydrogen-bond acceptors (Lipinski definition) is 25. The fourth-order valence-electron chi connectivity index (χ4n) is 14.5. The van der Waals surface area contributed by atoms with E-state index in [2.05, 4.69) is 103 Å². The van der Waals surface area contributed by atoms with E-state index in [9.17, 15) is 88.1 Å². The van der Waals surface area contributed by atoms with Gasteiger partial charge in [0.15, 0.2) is 7.29 Å². The maximum Gasteiger partial charge on any atom is 0.242 e. The van der Waals surface area contributed by atoms with E-state index in [1.165, 1.54) is 76.4 Å². The molecule has 6 saturated heterocycles. The number of carbonyl (C=O) groups excluding carboxylic acids is 12. The quantitative estimate of drug-likeness (QED) is 0.0324. The Kier molecular flexibility index (Phi) is 58.1. The number of nitrogens with zero attached hydrogens (tertiary/aromatic N) is 6. The van der Waals surface area contributed by atoms with E-state index in [1.54, 1.807) is 37.4 Å². The summed E-state index contributed by atoms with van der Waals surface area (Å²) in [5.41, 5.74) is 0. The Labute approximate surface area is 814 Å². The van der Waals surface area contributed by atoms with Crippen molar-refractivity contribution in [2.45, 2.75) is 351 Å². The summed E-state index contributed by atoms with van der Waals surface area (Å²) in [6, 6.07) is 0. The first kappa shape index (κ1) is 124. The lowest BCUT2D eigenvalue weighted by Crippen LogP contribution is -2.37. The van der Waals surface area contributed by atoms with Crippen LogP contribution in [0.1, 0.15) is 283 Å². The monoisotopic (exact) mass is 2050 g/mol. The number of carbonyl (C=O) groups is 12. The molecule has 6 fully saturated rings. The van der Waals surface area contributed by atoms with Gasteiger partial charge in [0.2, 0.25) is 80.9 Å². The molecule has 0 aromatic carbocycles. The van der Waals surface area contributed by atoms with E-state index in [-0.39, 0.29) is 212 Å². The smallest absolute Gasteiger partial charge is 0.242 e. The molecule has 12 amide bonds. The molecule has 6 aliphatic rings. The zero-order chi connectivity index (χ0) is 100.0. The van der Waals surface area contributed by atoms with Gasteiger partial charge in [-0.3, -0.25) is 102 Å². The second kappa shape index (κ2) is 61.2. The SMILES string of the molecule is CC(C)CCCN1C(=O)CC(SC(C)C)C1=O.CC(C)CCNP(=O)(CCCN1C(=O)CC(SC(C)C)C1=O)CCC(C)C.CC(C)CCNP(=O)(CCNS(=O)(=O)C(C)C)CCN1C(=O)CC(SC(C)C)C1=O.CC(C)CCP(=O)(CCCN1C(=O)CC(SC(C)C)C1=O)NCCN1C(=O)CC(SC(C)C)C1=O.CC(C)CCS(=O)(=O)CCCN1C(=O)CC(SC(C)C)C1=O. The molecular formula is C91H169N10O19P3S8. The highest BCUT2D eigenvalue weighted by Gasteiger charge is 2.46. The van der Waals surface area contributed by atoms with Crippen LogP contribution in [0.4, 0.5) is 0 Å². The average molecular weight is 2060 g/mol. The average Bonchev–Trinajstić information content (AvgIpc) is 1.71. The summed E-state index contributed by atoms with van der Waals surface area (Å²) < 4.78 is 90.8. The van der Waals surface area contributed by atoms with Gasteiger partial charge in [-0.05, 0) is 145 Å². The molecule has 6 aliphatic heterocycles. The molecule has 131 heavy (non-hydrogen) atoms. The second-order valence-corrected chi connectivity index (χ2v) is 63.7. The summed E-state index contributed by atoms with van der Waals surface area (Å²) >= 11 is 9.16. The zero-order valence-electron chi connectivity index (χ0n) is 84.1. The lowest BCUT2D eigenvalue weighted by Gasteiger charge is -2.24. The van der Waals surface area contributed by atoms with Crippen molar-refractivity contribution in [3.63, 3.8) is 0 Å². The molecule has 40 heteroatoms. The van der Waals surface area contributed by atoms with Gasteiger partial charge in [0.05, 0.1) is 48.3 Å². The predicted octanol–water partition coefficient (Wildman–Crippen LogP) is 15.7. The molecule has 760 valence electrons. The van der Waals surface area contributed by atoms with Gasteiger partial charge < -0.3 is 13.7 Å². The lowest BCUT2D eigenvalue weighted by molar-refractivity contribution is -0.139. The van der Waals surface area contributed by atoms with E-state index in [0.717, 1.165) is 45.1 Å². The van der Waals surface area contributed by atoms with Gasteiger partial charge in [-0.25, -0.2) is 21.6 Å². The minimum absolute atomic E-state index is 0.0110. The van der Waals surface area contributed by atoms with Crippen LogP contribution in [0, 0.1) is 35.5 Å². The molecule has 0 saturated carbocycles. The molecule has 6 heterocycles. The van der Waals surface area contributed by atoms with Crippen LogP contribution < -0.4 is 20.0 Å². The Hall–Kier alpha value is -2.63. The summed E-state index contributed by atoms with van der Waals surface area (Å²) in [6.07, 6.45) is 11.6. The third-order valence-corrected chi connectivity index (χ3v) is 41.2. The van der Waals surface area contributed by atoms with Crippen LogP contribution in [-0.2, 0) is 91.1 Å². The van der Waals surface area contributed by atoms with Crippen LogP contribution in [0.2, 0.25) is 0 Å². The van der Waals surface area contributed by atoms with Gasteiger partial charge in [-0.1, -0.05) is 166 Å². The van der Waals surface area contributed by atoms with Crippen molar-refractivity contribution in [2.75, 3.05) is 114 Å². The molecule has 29 nitrogen and oxygen atoms in total. The van der Waals surface area contributed by atoms with Crippen LogP contribution in [-0.4, -0.2) is 299 Å². The Morgan fingerprint density at radius 3 is 0.802 bits per heavy atom. The van der Waals surface area contributed by atoms with Crippen molar-refractivity contribution in [1.29, 1.82) is 0 Å². The van der Waals surface area contributed by atoms with Crippen molar-refractivity contribution in [2.24, 2.45) is 35.5 Å². The van der Waals surface area contributed by atoms with Gasteiger partial charge >= 0.3 is 0 Å². The number of sulfone groups is 1. The molecule has 0 bridgehead atoms. The van der Waals surface area contributed by atoms with Gasteiger partial charge in [0.25, 0.3) is 0 Å². The topological polar surface area (TPSA) is 392 Å². The van der Waals surface area contributed by atoms with Crippen LogP contribution in [0.5, 0.6) is 0 Å². The highest BCUT2D eigenvalue weighted by atomic mass is 32.2. The largest absolute Gasteiger partial charge is 0.307 e. The number of likely N-dealkylation sites (tertiary alicyclic amines) is 6. The van der Waals surface area contributed by atoms with E-state index in [0.29, 0.717) is 129 Å². The standard InChI is InChI=1S/C24H42N3O5PS2.C20H39N2O3PS.C19H38N3O5PS2.C15H27NO4S2.C13H23NO2S/c1-16(2)8-13-33(32,12-7-10-26-21(28)14-19(23(26)30)34-17(3)4)25-9-11-27-22(29)15-20(24(27)31)35-18(5)6;1-15(2)8-10-21-26(25,13-9-16(3)4)12-7-11-22-19(23)14-18(20(22)24)27-17(5)6;1-14(2)7-8-20-28(25,11-9-21-30(26,27)16(5)6)12-10-22-18(23)13-17(19(22)24)29-15(3)4;1-11(2)6-9-22(19,20)8-5-7-16-14(17)10-13(15(16)18)21-12(3)4;1-9(2)6-5-7-14-12(15)8-11(13(14)16)17-10(3)4/h16-20H,7-15H2,1-6H3,(H,25,32);15-18H,7-14H2,1-6H3,(H,21,25);14-17,21H,7-13H2,1-6H3,(H,20,25);11-13H,5-10H2,1-4H3;9-11H,5-8H2,1-4H3. The Morgan fingerprint density at radius 2 is 0.527 bits per heavy atom. The molecule has 9 unspecified atom stereocenters. The molecular weight excluding hydrogens is 1890 g/mol. The molecule has 0 radical (unpaired) electrons. The summed E-state index contributed by atoms with van der Waals surface area (Å²) in [5.74, 6) is 1.58. The minimum atomic E-state index is -3.44. The van der Waals surface area contributed by atoms with Crippen LogP contribution in [0.15, 0.2) is 0 Å². The van der Waals surface area contributed by atoms with E-state index < -0.39 is 47.0 Å². The molecule has 0 aliphatic carbocycles. The maximum atomic E-state index is 13.7. The van der Waals surface area contributed by atoms with Crippen molar-refractivity contribution < 1.29 is 88.1 Å². The normalized spacial score (nSPS) is 21.0. The Morgan fingerprint density at radius 1 is 0.275 bits per heavy atom. The zero-order valence-corrected chi connectivity index (χ0v) is 93.3. The molecule has 0 aromatic heterocycles. The van der Waals surface area contributed by atoms with Gasteiger partial charge in [-0.2, -0.15) is 0 Å². The highest BCUT2D eigenvalue weighted by molar-refractivity contribution is 8.02. The van der Waals surface area contributed by atoms with Crippen molar-refractivity contribution in [3.05, 3.63) is 0 Å². The number of thioether (sulfide) groups is 6. The van der Waals surface area contributed by atoms with E-state index in [4.69, 9.17) is 0 Å². The van der Waals surface area contributed by atoms with Gasteiger partial charge in [0.1, 0.15) is 24.4 Å². The number of sulfonamides is 1. The lowest BCUT2D eigenvalue weighted by atomic mass is 10.1. The molecule has 9 atom stereocenters. The number of nitrogens with one attached hydrogen (secondary N) is 4. The third-order valence-electron chi connectivity index (χ3n) is 21.8. The first-order chi connectivity index (χ1) is 60.7. The molecule has 6 rings (SSSR count). The second-order valence-electron chi connectivity index (χ2n) is 39.5. The number of rotatable bonds is 57. The first-order valence-corrected chi connectivity index (χ1v) is 63.1. The molecule has 4 N–H and O–H groups in total. The Bertz CT molecular complexity index is 3990. The highest BCUT2D eigenvalue weighted by Crippen LogP contribution is 2.46.